The normalized spacial score (nSPS) is 11.9. The van der Waals surface area contributed by atoms with Gasteiger partial charge in [0.25, 0.3) is 0 Å². The quantitative estimate of drug-likeness (QED) is 0.871. The number of rotatable bonds is 4. The van der Waals surface area contributed by atoms with E-state index in [4.69, 9.17) is 0 Å². The van der Waals surface area contributed by atoms with Gasteiger partial charge in [-0.2, -0.15) is 0 Å². The Morgan fingerprint density at radius 1 is 1.14 bits per heavy atom. The fourth-order valence-electron chi connectivity index (χ4n) is 2.30. The van der Waals surface area contributed by atoms with E-state index in [0.717, 1.165) is 13.1 Å². The predicted octanol–water partition coefficient (Wildman–Crippen LogP) is 3.60. The molecule has 0 spiro atoms. The van der Waals surface area contributed by atoms with Crippen molar-refractivity contribution in [3.05, 3.63) is 60.2 Å². The zero-order valence-electron chi connectivity index (χ0n) is 13.5. The van der Waals surface area contributed by atoms with Crippen LogP contribution in [0.1, 0.15) is 19.4 Å². The summed E-state index contributed by atoms with van der Waals surface area (Å²) < 4.78 is 0. The SMILES string of the molecule is CN(C/C=C/C#CC(C)(C)O)Cc1cccc2ccccc12. The molecule has 2 nitrogen and oxygen atoms in total. The molecule has 0 aromatic heterocycles. The van der Waals surface area contributed by atoms with Crippen molar-refractivity contribution in [2.75, 3.05) is 13.6 Å². The standard InChI is InChI=1S/C20H23NO/c1-20(2,22)14-7-4-8-15-21(3)16-18-12-9-11-17-10-5-6-13-19(17)18/h4-6,8-13,22H,15-16H2,1-3H3/b8-4+. The molecule has 0 aliphatic heterocycles. The summed E-state index contributed by atoms with van der Waals surface area (Å²) >= 11 is 0. The van der Waals surface area contributed by atoms with Crippen LogP contribution in [0.2, 0.25) is 0 Å². The van der Waals surface area contributed by atoms with Gasteiger partial charge < -0.3 is 5.11 Å². The lowest BCUT2D eigenvalue weighted by Gasteiger charge is -2.15. The Balaban J connectivity index is 1.98. The maximum absolute atomic E-state index is 9.50. The summed E-state index contributed by atoms with van der Waals surface area (Å²) in [5.41, 5.74) is 0.399. The van der Waals surface area contributed by atoms with Crippen molar-refractivity contribution in [1.82, 2.24) is 4.90 Å². The van der Waals surface area contributed by atoms with E-state index in [1.807, 2.05) is 6.08 Å². The van der Waals surface area contributed by atoms with Crippen LogP contribution in [-0.4, -0.2) is 29.2 Å². The van der Waals surface area contributed by atoms with Crippen molar-refractivity contribution in [3.63, 3.8) is 0 Å². The minimum atomic E-state index is -0.931. The molecule has 0 atom stereocenters. The Hall–Kier alpha value is -2.08. The molecular formula is C20H23NO. The van der Waals surface area contributed by atoms with Crippen molar-refractivity contribution in [2.24, 2.45) is 0 Å². The lowest BCUT2D eigenvalue weighted by molar-refractivity contribution is 0.143. The van der Waals surface area contributed by atoms with Gasteiger partial charge >= 0.3 is 0 Å². The van der Waals surface area contributed by atoms with Crippen molar-refractivity contribution in [2.45, 2.75) is 26.0 Å². The molecule has 0 amide bonds. The van der Waals surface area contributed by atoms with Crippen LogP contribution in [0.15, 0.2) is 54.6 Å². The Morgan fingerprint density at radius 2 is 1.86 bits per heavy atom. The summed E-state index contributed by atoms with van der Waals surface area (Å²) in [4.78, 5) is 2.24. The third-order valence-electron chi connectivity index (χ3n) is 3.32. The van der Waals surface area contributed by atoms with Gasteiger partial charge in [0.2, 0.25) is 0 Å². The second-order valence-electron chi connectivity index (χ2n) is 6.07. The van der Waals surface area contributed by atoms with Crippen molar-refractivity contribution < 1.29 is 5.11 Å². The molecule has 0 unspecified atom stereocenters. The number of hydrogen-bond donors (Lipinski definition) is 1. The first kappa shape index (κ1) is 16.3. The highest BCUT2D eigenvalue weighted by molar-refractivity contribution is 5.85. The molecule has 0 saturated carbocycles. The third kappa shape index (κ3) is 5.04. The lowest BCUT2D eigenvalue weighted by Crippen LogP contribution is -2.17. The summed E-state index contributed by atoms with van der Waals surface area (Å²) in [6.45, 7) is 5.08. The Labute approximate surface area is 133 Å². The number of fused-ring (bicyclic) bond motifs is 1. The van der Waals surface area contributed by atoms with Crippen LogP contribution in [0, 0.1) is 11.8 Å². The maximum atomic E-state index is 9.50. The van der Waals surface area contributed by atoms with Crippen LogP contribution in [-0.2, 0) is 6.54 Å². The molecule has 2 heteroatoms. The van der Waals surface area contributed by atoms with Gasteiger partial charge in [-0.05, 0) is 43.3 Å². The average Bonchev–Trinajstić information content (AvgIpc) is 2.46. The van der Waals surface area contributed by atoms with E-state index >= 15 is 0 Å². The molecule has 2 aromatic carbocycles. The van der Waals surface area contributed by atoms with E-state index in [9.17, 15) is 5.11 Å². The minimum Gasteiger partial charge on any atom is -0.378 e. The van der Waals surface area contributed by atoms with Gasteiger partial charge in [0, 0.05) is 13.1 Å². The van der Waals surface area contributed by atoms with E-state index in [1.54, 1.807) is 19.9 Å². The van der Waals surface area contributed by atoms with Gasteiger partial charge in [-0.25, -0.2) is 0 Å². The van der Waals surface area contributed by atoms with Crippen molar-refractivity contribution in [1.29, 1.82) is 0 Å². The van der Waals surface area contributed by atoms with E-state index in [1.165, 1.54) is 16.3 Å². The second-order valence-corrected chi connectivity index (χ2v) is 6.07. The van der Waals surface area contributed by atoms with Crippen LogP contribution in [0.25, 0.3) is 10.8 Å². The van der Waals surface area contributed by atoms with Crippen LogP contribution < -0.4 is 0 Å². The first-order valence-electron chi connectivity index (χ1n) is 7.51. The zero-order valence-corrected chi connectivity index (χ0v) is 13.5. The molecule has 0 radical (unpaired) electrons. The van der Waals surface area contributed by atoms with Crippen molar-refractivity contribution in [3.8, 4) is 11.8 Å². The van der Waals surface area contributed by atoms with Crippen molar-refractivity contribution >= 4 is 10.8 Å². The van der Waals surface area contributed by atoms with Gasteiger partial charge in [-0.1, -0.05) is 60.4 Å². The van der Waals surface area contributed by atoms with Gasteiger partial charge in [0.15, 0.2) is 0 Å². The van der Waals surface area contributed by atoms with Crippen LogP contribution in [0.4, 0.5) is 0 Å². The highest BCUT2D eigenvalue weighted by atomic mass is 16.3. The highest BCUT2D eigenvalue weighted by Crippen LogP contribution is 2.19. The van der Waals surface area contributed by atoms with Gasteiger partial charge in [0.1, 0.15) is 5.60 Å². The third-order valence-corrected chi connectivity index (χ3v) is 3.32. The summed E-state index contributed by atoms with van der Waals surface area (Å²) in [6, 6.07) is 14.9. The molecule has 0 bridgehead atoms. The zero-order chi connectivity index (χ0) is 16.0. The first-order valence-corrected chi connectivity index (χ1v) is 7.51. The molecule has 0 heterocycles. The monoisotopic (exact) mass is 293 g/mol. The average molecular weight is 293 g/mol. The lowest BCUT2D eigenvalue weighted by atomic mass is 10.0. The summed E-state index contributed by atoms with van der Waals surface area (Å²) in [5.74, 6) is 5.64. The maximum Gasteiger partial charge on any atom is 0.120 e. The number of hydrogen-bond acceptors (Lipinski definition) is 2. The second kappa shape index (κ2) is 7.26. The smallest absolute Gasteiger partial charge is 0.120 e. The molecular weight excluding hydrogens is 270 g/mol. The Bertz CT molecular complexity index is 708. The molecule has 0 saturated heterocycles. The topological polar surface area (TPSA) is 23.5 Å². The molecule has 0 aliphatic rings. The van der Waals surface area contributed by atoms with E-state index in [-0.39, 0.29) is 0 Å². The van der Waals surface area contributed by atoms with Crippen LogP contribution in [0.5, 0.6) is 0 Å². The molecule has 0 fully saturated rings. The van der Waals surface area contributed by atoms with E-state index in [0.29, 0.717) is 0 Å². The minimum absolute atomic E-state index is 0.823. The van der Waals surface area contributed by atoms with Gasteiger partial charge in [0.05, 0.1) is 0 Å². The fraction of sp³-hybridized carbons (Fsp3) is 0.300. The predicted molar refractivity (Wildman–Crippen MR) is 93.5 cm³/mol. The van der Waals surface area contributed by atoms with Gasteiger partial charge in [-0.15, -0.1) is 0 Å². The number of likely N-dealkylation sites (N-methyl/N-ethyl adjacent to an activating group) is 1. The Kier molecular flexibility index (Phi) is 5.38. The van der Waals surface area contributed by atoms with Gasteiger partial charge in [-0.3, -0.25) is 4.90 Å². The largest absolute Gasteiger partial charge is 0.378 e. The fourth-order valence-corrected chi connectivity index (χ4v) is 2.30. The molecule has 0 aliphatic carbocycles. The number of nitrogens with zero attached hydrogens (tertiary/aromatic N) is 1. The Morgan fingerprint density at radius 3 is 2.64 bits per heavy atom. The highest BCUT2D eigenvalue weighted by Gasteiger charge is 2.05. The molecule has 22 heavy (non-hydrogen) atoms. The number of allylic oxidation sites excluding steroid dienone is 1. The van der Waals surface area contributed by atoms with E-state index < -0.39 is 5.60 Å². The molecule has 2 aromatic rings. The number of aliphatic hydroxyl groups is 1. The summed E-state index contributed by atoms with van der Waals surface area (Å²) in [6.07, 6.45) is 3.82. The van der Waals surface area contributed by atoms with Crippen LogP contribution in [0.3, 0.4) is 0 Å². The summed E-state index contributed by atoms with van der Waals surface area (Å²) in [5, 5.41) is 12.1. The molecule has 2 rings (SSSR count). The first-order chi connectivity index (χ1) is 10.5. The van der Waals surface area contributed by atoms with Crippen LogP contribution >= 0.6 is 0 Å². The van der Waals surface area contributed by atoms with E-state index in [2.05, 4.69) is 66.3 Å². The summed E-state index contributed by atoms with van der Waals surface area (Å²) in [7, 11) is 2.09. The molecule has 1 N–H and O–H groups in total. The molecule has 114 valence electrons. The number of benzene rings is 2.